The monoisotopic (exact) mass is 309 g/mol. The Morgan fingerprint density at radius 1 is 1.25 bits per heavy atom. The van der Waals surface area contributed by atoms with Gasteiger partial charge in [-0.3, -0.25) is 0 Å². The maximum Gasteiger partial charge on any atom is 0.417 e. The second-order valence-corrected chi connectivity index (χ2v) is 7.11. The van der Waals surface area contributed by atoms with Crippen LogP contribution in [0.2, 0.25) is 0 Å². The summed E-state index contributed by atoms with van der Waals surface area (Å²) in [5.74, 6) is 0.382. The molecule has 0 aliphatic heterocycles. The van der Waals surface area contributed by atoms with Gasteiger partial charge in [-0.1, -0.05) is 19.9 Å². The van der Waals surface area contributed by atoms with Crippen molar-refractivity contribution in [2.24, 2.45) is 5.92 Å². The summed E-state index contributed by atoms with van der Waals surface area (Å²) in [7, 11) is -3.91. The quantitative estimate of drug-likeness (QED) is 0.910. The molecule has 20 heavy (non-hydrogen) atoms. The van der Waals surface area contributed by atoms with Crippen molar-refractivity contribution in [1.82, 2.24) is 5.32 Å². The van der Waals surface area contributed by atoms with E-state index in [1.807, 2.05) is 13.8 Å². The van der Waals surface area contributed by atoms with Crippen LogP contribution in [0.4, 0.5) is 13.2 Å². The van der Waals surface area contributed by atoms with Crippen LogP contribution in [0, 0.1) is 5.92 Å². The maximum atomic E-state index is 12.9. The molecule has 0 spiro atoms. The molecule has 0 aromatic heterocycles. The van der Waals surface area contributed by atoms with Crippen molar-refractivity contribution in [1.29, 1.82) is 0 Å². The fourth-order valence-corrected chi connectivity index (χ4v) is 2.63. The van der Waals surface area contributed by atoms with Gasteiger partial charge in [-0.15, -0.1) is 0 Å². The summed E-state index contributed by atoms with van der Waals surface area (Å²) in [6.07, 6.45) is -3.92. The lowest BCUT2D eigenvalue weighted by atomic mass is 10.1. The Labute approximate surface area is 117 Å². The molecule has 1 aromatic rings. The third-order valence-corrected chi connectivity index (χ3v) is 3.79. The number of rotatable bonds is 5. The SMILES string of the molecule is CC(C)CNCc1ccc(S(C)(=O)=O)c(C(F)(F)F)c1. The molecule has 114 valence electrons. The maximum absolute atomic E-state index is 12.9. The second kappa shape index (κ2) is 6.13. The molecule has 0 fully saturated rings. The van der Waals surface area contributed by atoms with Crippen molar-refractivity contribution in [3.8, 4) is 0 Å². The number of halogens is 3. The van der Waals surface area contributed by atoms with Gasteiger partial charge in [0.15, 0.2) is 9.84 Å². The van der Waals surface area contributed by atoms with Crippen molar-refractivity contribution in [3.63, 3.8) is 0 Å². The molecule has 0 amide bonds. The molecule has 0 aliphatic carbocycles. The van der Waals surface area contributed by atoms with Crippen LogP contribution >= 0.6 is 0 Å². The van der Waals surface area contributed by atoms with Crippen molar-refractivity contribution in [2.75, 3.05) is 12.8 Å². The number of alkyl halides is 3. The molecule has 0 bridgehead atoms. The van der Waals surface area contributed by atoms with E-state index in [4.69, 9.17) is 0 Å². The minimum Gasteiger partial charge on any atom is -0.312 e. The lowest BCUT2D eigenvalue weighted by Gasteiger charge is -2.14. The van der Waals surface area contributed by atoms with Crippen LogP contribution in [0.15, 0.2) is 23.1 Å². The highest BCUT2D eigenvalue weighted by atomic mass is 32.2. The fraction of sp³-hybridized carbons (Fsp3) is 0.538. The standard InChI is InChI=1S/C13H18F3NO2S/c1-9(2)7-17-8-10-4-5-12(20(3,18)19)11(6-10)13(14,15)16/h4-6,9,17H,7-8H2,1-3H3. The lowest BCUT2D eigenvalue weighted by molar-refractivity contribution is -0.139. The Morgan fingerprint density at radius 2 is 1.85 bits per heavy atom. The van der Waals surface area contributed by atoms with Crippen molar-refractivity contribution >= 4 is 9.84 Å². The smallest absolute Gasteiger partial charge is 0.312 e. The van der Waals surface area contributed by atoms with Gasteiger partial charge in [-0.2, -0.15) is 13.2 Å². The molecule has 0 saturated carbocycles. The molecule has 0 heterocycles. The van der Waals surface area contributed by atoms with Gasteiger partial charge in [-0.05, 0) is 30.2 Å². The highest BCUT2D eigenvalue weighted by molar-refractivity contribution is 7.90. The summed E-state index contributed by atoms with van der Waals surface area (Å²) in [5.41, 5.74) is -0.700. The zero-order valence-electron chi connectivity index (χ0n) is 11.6. The van der Waals surface area contributed by atoms with Crippen molar-refractivity contribution in [2.45, 2.75) is 31.5 Å². The Kier molecular flexibility index (Phi) is 5.21. The van der Waals surface area contributed by atoms with Gasteiger partial charge in [0.05, 0.1) is 10.5 Å². The number of nitrogens with one attached hydrogen (secondary N) is 1. The highest BCUT2D eigenvalue weighted by Gasteiger charge is 2.36. The van der Waals surface area contributed by atoms with Gasteiger partial charge >= 0.3 is 6.18 Å². The minimum atomic E-state index is -4.69. The molecular formula is C13H18F3NO2S. The Hall–Kier alpha value is -1.08. The Bertz CT molecular complexity index is 565. The first-order valence-corrected chi connectivity index (χ1v) is 8.02. The predicted molar refractivity (Wildman–Crippen MR) is 71.1 cm³/mol. The average Bonchev–Trinajstić information content (AvgIpc) is 2.25. The molecule has 0 aliphatic rings. The van der Waals surface area contributed by atoms with E-state index in [0.717, 1.165) is 18.4 Å². The van der Waals surface area contributed by atoms with E-state index in [2.05, 4.69) is 5.32 Å². The van der Waals surface area contributed by atoms with Crippen LogP contribution in [-0.4, -0.2) is 21.2 Å². The van der Waals surface area contributed by atoms with E-state index in [-0.39, 0.29) is 6.54 Å². The number of hydrogen-bond acceptors (Lipinski definition) is 3. The van der Waals surface area contributed by atoms with Crippen LogP contribution in [-0.2, 0) is 22.6 Å². The Balaban J connectivity index is 3.10. The van der Waals surface area contributed by atoms with E-state index in [0.29, 0.717) is 18.0 Å². The second-order valence-electron chi connectivity index (χ2n) is 5.13. The van der Waals surface area contributed by atoms with Gasteiger partial charge in [0.25, 0.3) is 0 Å². The molecule has 1 N–H and O–H groups in total. The largest absolute Gasteiger partial charge is 0.417 e. The minimum absolute atomic E-state index is 0.269. The van der Waals surface area contributed by atoms with Gasteiger partial charge in [0, 0.05) is 12.8 Å². The predicted octanol–water partition coefficient (Wildman–Crippen LogP) is 2.85. The van der Waals surface area contributed by atoms with Crippen LogP contribution in [0.25, 0.3) is 0 Å². The Morgan fingerprint density at radius 3 is 2.30 bits per heavy atom. The summed E-state index contributed by atoms with van der Waals surface area (Å²) >= 11 is 0. The normalized spacial score (nSPS) is 12.9. The van der Waals surface area contributed by atoms with Gasteiger partial charge in [-0.25, -0.2) is 8.42 Å². The average molecular weight is 309 g/mol. The molecule has 0 radical (unpaired) electrons. The van der Waals surface area contributed by atoms with Crippen LogP contribution in [0.1, 0.15) is 25.0 Å². The molecular weight excluding hydrogens is 291 g/mol. The third kappa shape index (κ3) is 4.79. The number of benzene rings is 1. The highest BCUT2D eigenvalue weighted by Crippen LogP contribution is 2.34. The van der Waals surface area contributed by atoms with Crippen LogP contribution in [0.5, 0.6) is 0 Å². The zero-order valence-corrected chi connectivity index (χ0v) is 12.4. The molecule has 7 heteroatoms. The topological polar surface area (TPSA) is 46.2 Å². The first-order chi connectivity index (χ1) is 9.01. The van der Waals surface area contributed by atoms with Crippen molar-refractivity contribution < 1.29 is 21.6 Å². The summed E-state index contributed by atoms with van der Waals surface area (Å²) in [5, 5.41) is 3.02. The summed E-state index contributed by atoms with van der Waals surface area (Å²) < 4.78 is 61.6. The number of sulfone groups is 1. The third-order valence-electron chi connectivity index (χ3n) is 2.63. The first-order valence-electron chi connectivity index (χ1n) is 6.12. The molecule has 0 unspecified atom stereocenters. The first kappa shape index (κ1) is 17.0. The van der Waals surface area contributed by atoms with E-state index in [1.165, 1.54) is 6.07 Å². The molecule has 1 aromatic carbocycles. The van der Waals surface area contributed by atoms with Crippen LogP contribution in [0.3, 0.4) is 0 Å². The zero-order chi connectivity index (χ0) is 15.6. The molecule has 1 rings (SSSR count). The molecule has 3 nitrogen and oxygen atoms in total. The van der Waals surface area contributed by atoms with E-state index in [9.17, 15) is 21.6 Å². The van der Waals surface area contributed by atoms with Crippen LogP contribution < -0.4 is 5.32 Å². The fourth-order valence-electron chi connectivity index (χ4n) is 1.74. The number of hydrogen-bond donors (Lipinski definition) is 1. The molecule has 0 atom stereocenters. The van der Waals surface area contributed by atoms with E-state index in [1.54, 1.807) is 0 Å². The lowest BCUT2D eigenvalue weighted by Crippen LogP contribution is -2.20. The van der Waals surface area contributed by atoms with E-state index >= 15 is 0 Å². The summed E-state index contributed by atoms with van der Waals surface area (Å²) in [6.45, 7) is 4.92. The van der Waals surface area contributed by atoms with Gasteiger partial charge in [0.2, 0.25) is 0 Å². The van der Waals surface area contributed by atoms with Gasteiger partial charge in [0.1, 0.15) is 0 Å². The van der Waals surface area contributed by atoms with E-state index < -0.39 is 26.5 Å². The molecule has 0 saturated heterocycles. The summed E-state index contributed by atoms with van der Waals surface area (Å²) in [4.78, 5) is -0.683. The summed E-state index contributed by atoms with van der Waals surface area (Å²) in [6, 6.07) is 3.31. The van der Waals surface area contributed by atoms with Gasteiger partial charge < -0.3 is 5.32 Å². The van der Waals surface area contributed by atoms with Crippen molar-refractivity contribution in [3.05, 3.63) is 29.3 Å².